The van der Waals surface area contributed by atoms with E-state index in [0.29, 0.717) is 12.5 Å². The van der Waals surface area contributed by atoms with Crippen LogP contribution in [0, 0.1) is 11.8 Å². The Morgan fingerprint density at radius 3 is 2.29 bits per heavy atom. The van der Waals surface area contributed by atoms with E-state index in [2.05, 4.69) is 13.8 Å². The van der Waals surface area contributed by atoms with Gasteiger partial charge in [0.1, 0.15) is 0 Å². The molecule has 0 amide bonds. The Balaban J connectivity index is 3.78. The highest BCUT2D eigenvalue weighted by atomic mass is 16.5. The van der Waals surface area contributed by atoms with Gasteiger partial charge in [0, 0.05) is 7.11 Å². The van der Waals surface area contributed by atoms with Gasteiger partial charge in [0.15, 0.2) is 0 Å². The van der Waals surface area contributed by atoms with E-state index in [1.165, 1.54) is 7.11 Å². The van der Waals surface area contributed by atoms with Crippen molar-refractivity contribution in [3.05, 3.63) is 0 Å². The molecule has 0 aromatic carbocycles. The molecule has 1 atom stereocenters. The van der Waals surface area contributed by atoms with Gasteiger partial charge in [-0.05, 0) is 12.3 Å². The first-order valence-electron chi connectivity index (χ1n) is 5.18. The van der Waals surface area contributed by atoms with E-state index >= 15 is 0 Å². The molecule has 0 saturated carbocycles. The number of esters is 1. The Labute approximate surface area is 86.8 Å². The van der Waals surface area contributed by atoms with Crippen LogP contribution in [0.1, 0.15) is 33.1 Å². The summed E-state index contributed by atoms with van der Waals surface area (Å²) in [6.45, 7) is 4.83. The van der Waals surface area contributed by atoms with Crippen LogP contribution in [0.25, 0.3) is 0 Å². The van der Waals surface area contributed by atoms with Crippen LogP contribution in [-0.4, -0.2) is 26.8 Å². The molecule has 3 nitrogen and oxygen atoms in total. The third-order valence-corrected chi connectivity index (χ3v) is 2.24. The van der Waals surface area contributed by atoms with Gasteiger partial charge >= 0.3 is 5.97 Å². The van der Waals surface area contributed by atoms with E-state index in [9.17, 15) is 4.79 Å². The minimum absolute atomic E-state index is 0.0938. The number of rotatable bonds is 7. The summed E-state index contributed by atoms with van der Waals surface area (Å²) in [5.41, 5.74) is 0. The molecule has 3 heteroatoms. The lowest BCUT2D eigenvalue weighted by Gasteiger charge is -2.13. The molecule has 1 unspecified atom stereocenters. The van der Waals surface area contributed by atoms with Crippen molar-refractivity contribution in [3.63, 3.8) is 0 Å². The normalized spacial score (nSPS) is 12.9. The highest BCUT2D eigenvalue weighted by Gasteiger charge is 2.18. The van der Waals surface area contributed by atoms with Crippen molar-refractivity contribution in [1.29, 1.82) is 0 Å². The molecular weight excluding hydrogens is 180 g/mol. The fourth-order valence-corrected chi connectivity index (χ4v) is 1.41. The Kier molecular flexibility index (Phi) is 7.48. The molecule has 0 fully saturated rings. The molecule has 0 aliphatic heterocycles. The largest absolute Gasteiger partial charge is 0.469 e. The first-order chi connectivity index (χ1) is 6.61. The number of hydrogen-bond donors (Lipinski definition) is 0. The SMILES string of the molecule is COCC(CCCC(C)C)C(=O)OC. The van der Waals surface area contributed by atoms with E-state index in [-0.39, 0.29) is 11.9 Å². The summed E-state index contributed by atoms with van der Waals surface area (Å²) in [5, 5.41) is 0. The fraction of sp³-hybridized carbons (Fsp3) is 0.909. The monoisotopic (exact) mass is 202 g/mol. The number of carbonyl (C=O) groups is 1. The zero-order valence-corrected chi connectivity index (χ0v) is 9.71. The van der Waals surface area contributed by atoms with E-state index in [0.717, 1.165) is 19.3 Å². The zero-order valence-electron chi connectivity index (χ0n) is 9.71. The van der Waals surface area contributed by atoms with E-state index in [1.807, 2.05) is 0 Å². The summed E-state index contributed by atoms with van der Waals surface area (Å²) in [5.74, 6) is 0.440. The molecule has 0 aliphatic rings. The standard InChI is InChI=1S/C11H22O3/c1-9(2)6-5-7-10(8-13-3)11(12)14-4/h9-10H,5-8H2,1-4H3. The molecule has 0 aliphatic carbocycles. The van der Waals surface area contributed by atoms with Crippen molar-refractivity contribution >= 4 is 5.97 Å². The minimum atomic E-state index is -0.157. The van der Waals surface area contributed by atoms with Gasteiger partial charge in [0.05, 0.1) is 19.6 Å². The third-order valence-electron chi connectivity index (χ3n) is 2.24. The van der Waals surface area contributed by atoms with Crippen molar-refractivity contribution in [2.75, 3.05) is 20.8 Å². The summed E-state index contributed by atoms with van der Waals surface area (Å²) in [7, 11) is 3.03. The van der Waals surface area contributed by atoms with Crippen LogP contribution in [0.5, 0.6) is 0 Å². The highest BCUT2D eigenvalue weighted by molar-refractivity contribution is 5.72. The maximum atomic E-state index is 11.3. The van der Waals surface area contributed by atoms with Gasteiger partial charge in [-0.3, -0.25) is 4.79 Å². The molecule has 14 heavy (non-hydrogen) atoms. The predicted molar refractivity (Wildman–Crippen MR) is 56.1 cm³/mol. The summed E-state index contributed by atoms with van der Waals surface area (Å²) >= 11 is 0. The van der Waals surface area contributed by atoms with Crippen molar-refractivity contribution in [2.45, 2.75) is 33.1 Å². The zero-order chi connectivity index (χ0) is 11.0. The summed E-state index contributed by atoms with van der Waals surface area (Å²) in [6, 6.07) is 0. The van der Waals surface area contributed by atoms with Crippen LogP contribution in [0.2, 0.25) is 0 Å². The molecular formula is C11H22O3. The molecule has 0 bridgehead atoms. The summed E-state index contributed by atoms with van der Waals surface area (Å²) in [4.78, 5) is 11.3. The number of methoxy groups -OCH3 is 2. The van der Waals surface area contributed by atoms with Crippen LogP contribution in [0.15, 0.2) is 0 Å². The Hall–Kier alpha value is -0.570. The maximum absolute atomic E-state index is 11.3. The van der Waals surface area contributed by atoms with Crippen LogP contribution >= 0.6 is 0 Å². The summed E-state index contributed by atoms with van der Waals surface area (Å²) < 4.78 is 9.69. The van der Waals surface area contributed by atoms with Gasteiger partial charge in [-0.1, -0.05) is 26.7 Å². The second-order valence-electron chi connectivity index (χ2n) is 4.00. The van der Waals surface area contributed by atoms with E-state index in [1.54, 1.807) is 7.11 Å². The lowest BCUT2D eigenvalue weighted by atomic mass is 9.99. The molecule has 84 valence electrons. The van der Waals surface area contributed by atoms with E-state index in [4.69, 9.17) is 9.47 Å². The van der Waals surface area contributed by atoms with Crippen molar-refractivity contribution in [3.8, 4) is 0 Å². The van der Waals surface area contributed by atoms with E-state index < -0.39 is 0 Å². The average molecular weight is 202 g/mol. The van der Waals surface area contributed by atoms with Crippen molar-refractivity contribution < 1.29 is 14.3 Å². The molecule has 0 N–H and O–H groups in total. The van der Waals surface area contributed by atoms with Crippen LogP contribution in [0.3, 0.4) is 0 Å². The van der Waals surface area contributed by atoms with Crippen LogP contribution in [-0.2, 0) is 14.3 Å². The second-order valence-corrected chi connectivity index (χ2v) is 4.00. The molecule has 0 radical (unpaired) electrons. The van der Waals surface area contributed by atoms with Gasteiger partial charge in [0.2, 0.25) is 0 Å². The Morgan fingerprint density at radius 2 is 1.86 bits per heavy atom. The smallest absolute Gasteiger partial charge is 0.311 e. The number of ether oxygens (including phenoxy) is 2. The maximum Gasteiger partial charge on any atom is 0.311 e. The minimum Gasteiger partial charge on any atom is -0.469 e. The lowest BCUT2D eigenvalue weighted by Crippen LogP contribution is -2.21. The topological polar surface area (TPSA) is 35.5 Å². The lowest BCUT2D eigenvalue weighted by molar-refractivity contribution is -0.147. The number of carbonyl (C=O) groups excluding carboxylic acids is 1. The van der Waals surface area contributed by atoms with Gasteiger partial charge in [-0.2, -0.15) is 0 Å². The van der Waals surface area contributed by atoms with Gasteiger partial charge < -0.3 is 9.47 Å². The first kappa shape index (κ1) is 13.4. The second kappa shape index (κ2) is 7.80. The summed E-state index contributed by atoms with van der Waals surface area (Å²) in [6.07, 6.45) is 3.07. The quantitative estimate of drug-likeness (QED) is 0.594. The van der Waals surface area contributed by atoms with Gasteiger partial charge in [-0.15, -0.1) is 0 Å². The third kappa shape index (κ3) is 5.97. The highest BCUT2D eigenvalue weighted by Crippen LogP contribution is 2.14. The molecule has 0 spiro atoms. The predicted octanol–water partition coefficient (Wildman–Crippen LogP) is 2.25. The van der Waals surface area contributed by atoms with Crippen molar-refractivity contribution in [2.24, 2.45) is 11.8 Å². The number of hydrogen-bond acceptors (Lipinski definition) is 3. The molecule has 0 saturated heterocycles. The fourth-order valence-electron chi connectivity index (χ4n) is 1.41. The molecule has 0 rings (SSSR count). The molecule has 0 aromatic rings. The van der Waals surface area contributed by atoms with Crippen LogP contribution < -0.4 is 0 Å². The van der Waals surface area contributed by atoms with Gasteiger partial charge in [0.25, 0.3) is 0 Å². The van der Waals surface area contributed by atoms with Crippen LogP contribution in [0.4, 0.5) is 0 Å². The Bertz CT molecular complexity index is 155. The molecule has 0 heterocycles. The first-order valence-corrected chi connectivity index (χ1v) is 5.18. The average Bonchev–Trinajstić information content (AvgIpc) is 2.15. The van der Waals surface area contributed by atoms with Crippen molar-refractivity contribution in [1.82, 2.24) is 0 Å². The molecule has 0 aromatic heterocycles. The van der Waals surface area contributed by atoms with Gasteiger partial charge in [-0.25, -0.2) is 0 Å². The Morgan fingerprint density at radius 1 is 1.21 bits per heavy atom.